The quantitative estimate of drug-likeness (QED) is 0.568. The van der Waals surface area contributed by atoms with Crippen LogP contribution >= 0.6 is 0 Å². The molecule has 2 N–H and O–H groups in total. The fraction of sp³-hybridized carbons (Fsp3) is 0.391. The number of benzene rings is 1. The van der Waals surface area contributed by atoms with E-state index in [-0.39, 0.29) is 36.7 Å². The first-order valence-corrected chi connectivity index (χ1v) is 10.5. The Morgan fingerprint density at radius 3 is 2.91 bits per heavy atom. The molecule has 1 aliphatic rings. The molecule has 0 radical (unpaired) electrons. The number of fused-ring (bicyclic) bond motifs is 1. The number of carbonyl (C=O) groups is 2. The van der Waals surface area contributed by atoms with Gasteiger partial charge in [-0.15, -0.1) is 0 Å². The first-order chi connectivity index (χ1) is 15.4. The molecule has 0 bridgehead atoms. The van der Waals surface area contributed by atoms with Crippen LogP contribution in [0.1, 0.15) is 42.0 Å². The van der Waals surface area contributed by atoms with Crippen molar-refractivity contribution >= 4 is 22.8 Å². The molecule has 1 unspecified atom stereocenters. The van der Waals surface area contributed by atoms with Crippen molar-refractivity contribution in [3.63, 3.8) is 0 Å². The SMILES string of the molecule is COc1ccc2c(C)c(CCC(=O)N[C@H]3CCC(=O)NC3c3cnn(C)c3)c(=O)oc2c1. The Kier molecular flexibility index (Phi) is 5.98. The van der Waals surface area contributed by atoms with Crippen molar-refractivity contribution in [3.05, 3.63) is 57.7 Å². The molecule has 3 heterocycles. The maximum Gasteiger partial charge on any atom is 0.339 e. The normalized spacial score (nSPS) is 18.4. The molecule has 2 atom stereocenters. The van der Waals surface area contributed by atoms with Gasteiger partial charge in [0.2, 0.25) is 11.8 Å². The number of methoxy groups -OCH3 is 1. The molecule has 168 valence electrons. The van der Waals surface area contributed by atoms with E-state index in [9.17, 15) is 14.4 Å². The summed E-state index contributed by atoms with van der Waals surface area (Å²) in [5.41, 5.74) is 2.13. The first kappa shape index (κ1) is 21.6. The summed E-state index contributed by atoms with van der Waals surface area (Å²) in [6, 6.07) is 4.75. The van der Waals surface area contributed by atoms with Gasteiger partial charge in [-0.1, -0.05) is 0 Å². The second kappa shape index (κ2) is 8.86. The highest BCUT2D eigenvalue weighted by Gasteiger charge is 2.31. The zero-order valence-electron chi connectivity index (χ0n) is 18.3. The molecule has 1 saturated heterocycles. The van der Waals surface area contributed by atoms with Crippen molar-refractivity contribution < 1.29 is 18.7 Å². The van der Waals surface area contributed by atoms with Gasteiger partial charge < -0.3 is 19.8 Å². The zero-order chi connectivity index (χ0) is 22.8. The zero-order valence-corrected chi connectivity index (χ0v) is 18.3. The van der Waals surface area contributed by atoms with Crippen molar-refractivity contribution in [2.24, 2.45) is 7.05 Å². The number of hydrogen-bond donors (Lipinski definition) is 2. The second-order valence-electron chi connectivity index (χ2n) is 8.06. The van der Waals surface area contributed by atoms with E-state index in [2.05, 4.69) is 15.7 Å². The molecule has 3 aromatic rings. The number of piperidine rings is 1. The van der Waals surface area contributed by atoms with Gasteiger partial charge in [-0.05, 0) is 37.5 Å². The van der Waals surface area contributed by atoms with Crippen molar-refractivity contribution in [1.29, 1.82) is 0 Å². The fourth-order valence-electron chi connectivity index (χ4n) is 4.18. The number of rotatable bonds is 6. The minimum atomic E-state index is -0.450. The van der Waals surface area contributed by atoms with E-state index in [0.29, 0.717) is 29.7 Å². The van der Waals surface area contributed by atoms with Crippen molar-refractivity contribution in [2.75, 3.05) is 7.11 Å². The maximum atomic E-state index is 12.7. The van der Waals surface area contributed by atoms with Crippen LogP contribution in [0, 0.1) is 6.92 Å². The van der Waals surface area contributed by atoms with Gasteiger partial charge in [-0.2, -0.15) is 5.10 Å². The third-order valence-electron chi connectivity index (χ3n) is 5.93. The molecule has 1 aliphatic heterocycles. The van der Waals surface area contributed by atoms with Gasteiger partial charge >= 0.3 is 5.63 Å². The molecule has 32 heavy (non-hydrogen) atoms. The topological polar surface area (TPSA) is 115 Å². The summed E-state index contributed by atoms with van der Waals surface area (Å²) in [5.74, 6) is 0.369. The van der Waals surface area contributed by atoms with E-state index >= 15 is 0 Å². The Balaban J connectivity index is 1.47. The predicted molar refractivity (Wildman–Crippen MR) is 117 cm³/mol. The molecule has 1 fully saturated rings. The standard InChI is InChI=1S/C23H26N4O5/c1-13-16-5-4-15(31-3)10-19(16)32-23(30)17(13)6-8-20(28)25-18-7-9-21(29)26-22(18)14-11-24-27(2)12-14/h4-5,10-12,18,22H,6-9H2,1-3H3,(H,25,28)(H,26,29)/t18-,22?/m0/s1. The fourth-order valence-corrected chi connectivity index (χ4v) is 4.18. The van der Waals surface area contributed by atoms with Gasteiger partial charge in [-0.25, -0.2) is 4.79 Å². The van der Waals surface area contributed by atoms with E-state index in [1.807, 2.05) is 25.3 Å². The molecule has 2 amide bonds. The summed E-state index contributed by atoms with van der Waals surface area (Å²) in [4.78, 5) is 37.2. The molecule has 4 rings (SSSR count). The number of amides is 2. The minimum absolute atomic E-state index is 0.0506. The molecular formula is C23H26N4O5. The molecular weight excluding hydrogens is 412 g/mol. The van der Waals surface area contributed by atoms with Crippen molar-refractivity contribution in [2.45, 2.75) is 44.7 Å². The van der Waals surface area contributed by atoms with Crippen LogP contribution in [0.5, 0.6) is 5.75 Å². The van der Waals surface area contributed by atoms with Gasteiger partial charge in [0, 0.05) is 48.7 Å². The van der Waals surface area contributed by atoms with Crippen LogP contribution in [0.4, 0.5) is 0 Å². The third-order valence-corrected chi connectivity index (χ3v) is 5.93. The molecule has 9 heteroatoms. The van der Waals surface area contributed by atoms with Gasteiger partial charge in [0.25, 0.3) is 0 Å². The third kappa shape index (κ3) is 4.37. The second-order valence-corrected chi connectivity index (χ2v) is 8.06. The van der Waals surface area contributed by atoms with E-state index in [0.717, 1.165) is 16.5 Å². The summed E-state index contributed by atoms with van der Waals surface area (Å²) < 4.78 is 12.3. The lowest BCUT2D eigenvalue weighted by atomic mass is 9.93. The van der Waals surface area contributed by atoms with Crippen LogP contribution < -0.4 is 21.0 Å². The number of ether oxygens (including phenoxy) is 1. The first-order valence-electron chi connectivity index (χ1n) is 10.5. The van der Waals surface area contributed by atoms with Crippen LogP contribution in [0.2, 0.25) is 0 Å². The van der Waals surface area contributed by atoms with Gasteiger partial charge in [0.05, 0.1) is 25.4 Å². The highest BCUT2D eigenvalue weighted by molar-refractivity contribution is 5.83. The van der Waals surface area contributed by atoms with E-state index < -0.39 is 5.63 Å². The number of aryl methyl sites for hydroxylation is 2. The van der Waals surface area contributed by atoms with Crippen LogP contribution in [0.15, 0.2) is 39.8 Å². The number of nitrogens with zero attached hydrogens (tertiary/aromatic N) is 2. The maximum absolute atomic E-state index is 12.7. The summed E-state index contributed by atoms with van der Waals surface area (Å²) >= 11 is 0. The molecule has 0 spiro atoms. The van der Waals surface area contributed by atoms with Gasteiger partial charge in [0.15, 0.2) is 0 Å². The van der Waals surface area contributed by atoms with Crippen molar-refractivity contribution in [3.8, 4) is 5.75 Å². The summed E-state index contributed by atoms with van der Waals surface area (Å²) in [7, 11) is 3.35. The number of nitrogens with one attached hydrogen (secondary N) is 2. The molecule has 9 nitrogen and oxygen atoms in total. The van der Waals surface area contributed by atoms with Crippen LogP contribution in [-0.2, 0) is 23.1 Å². The number of carbonyl (C=O) groups excluding carboxylic acids is 2. The summed E-state index contributed by atoms with van der Waals surface area (Å²) in [5, 5.41) is 10.9. The summed E-state index contributed by atoms with van der Waals surface area (Å²) in [6.07, 6.45) is 4.80. The lowest BCUT2D eigenvalue weighted by Crippen LogP contribution is -2.50. The minimum Gasteiger partial charge on any atom is -0.497 e. The van der Waals surface area contributed by atoms with Crippen LogP contribution in [-0.4, -0.2) is 34.7 Å². The Morgan fingerprint density at radius 1 is 1.38 bits per heavy atom. The smallest absolute Gasteiger partial charge is 0.339 e. The number of hydrogen-bond acceptors (Lipinski definition) is 6. The van der Waals surface area contributed by atoms with E-state index in [1.54, 1.807) is 31.1 Å². The van der Waals surface area contributed by atoms with E-state index in [4.69, 9.17) is 9.15 Å². The molecule has 2 aromatic heterocycles. The Morgan fingerprint density at radius 2 is 2.19 bits per heavy atom. The Bertz CT molecular complexity index is 1230. The lowest BCUT2D eigenvalue weighted by Gasteiger charge is -2.32. The Labute approximate surface area is 184 Å². The van der Waals surface area contributed by atoms with Crippen LogP contribution in [0.3, 0.4) is 0 Å². The number of aromatic nitrogens is 2. The van der Waals surface area contributed by atoms with E-state index in [1.165, 1.54) is 0 Å². The molecule has 0 saturated carbocycles. The largest absolute Gasteiger partial charge is 0.497 e. The highest BCUT2D eigenvalue weighted by Crippen LogP contribution is 2.26. The van der Waals surface area contributed by atoms with Crippen molar-refractivity contribution in [1.82, 2.24) is 20.4 Å². The average molecular weight is 438 g/mol. The molecule has 1 aromatic carbocycles. The Hall–Kier alpha value is -3.62. The lowest BCUT2D eigenvalue weighted by molar-refractivity contribution is -0.127. The molecule has 0 aliphatic carbocycles. The predicted octanol–water partition coefficient (Wildman–Crippen LogP) is 1.91. The van der Waals surface area contributed by atoms with Gasteiger partial charge in [-0.3, -0.25) is 14.3 Å². The average Bonchev–Trinajstić information content (AvgIpc) is 3.20. The van der Waals surface area contributed by atoms with Crippen LogP contribution in [0.25, 0.3) is 11.0 Å². The highest BCUT2D eigenvalue weighted by atomic mass is 16.5. The van der Waals surface area contributed by atoms with Gasteiger partial charge in [0.1, 0.15) is 11.3 Å². The summed E-state index contributed by atoms with van der Waals surface area (Å²) in [6.45, 7) is 1.86. The monoisotopic (exact) mass is 438 g/mol.